The Morgan fingerprint density at radius 3 is 1.59 bits per heavy atom. The van der Waals surface area contributed by atoms with Crippen molar-refractivity contribution in [3.63, 3.8) is 0 Å². The standard InChI is InChI=1S/C47H83N3O8/c1-4-6-8-10-12-14-15-16-17-18-19-20-22-24-26-31-35-49(41(52)34-30-25-23-21-13-11-9-7-5-2)46-42(44(54)43(53)40(36-51)58-46)50(45(55)38(3)48)47(56)57-37-39-32-28-27-29-33-39/h27-29,32-33,38,40,42-44,46,51,53-54H,4-26,30-31,34-37,48H2,1-3H3/t38-,40+,42+,43-,44+,46+/m0/s1. The molecule has 1 aromatic rings. The molecule has 0 aliphatic carbocycles. The molecule has 5 N–H and O–H groups in total. The van der Waals surface area contributed by atoms with Crippen LogP contribution in [0.2, 0.25) is 0 Å². The second-order valence-electron chi connectivity index (χ2n) is 16.7. The van der Waals surface area contributed by atoms with Crippen molar-refractivity contribution in [3.8, 4) is 0 Å². The summed E-state index contributed by atoms with van der Waals surface area (Å²) in [5.74, 6) is -1.08. The highest BCUT2D eigenvalue weighted by atomic mass is 16.6. The van der Waals surface area contributed by atoms with Crippen LogP contribution in [-0.4, -0.2) is 92.8 Å². The van der Waals surface area contributed by atoms with Crippen molar-refractivity contribution in [2.45, 2.75) is 231 Å². The first-order valence-corrected chi connectivity index (χ1v) is 23.4. The molecule has 58 heavy (non-hydrogen) atoms. The Morgan fingerprint density at radius 1 is 0.690 bits per heavy atom. The summed E-state index contributed by atoms with van der Waals surface area (Å²) in [5, 5.41) is 32.9. The van der Waals surface area contributed by atoms with E-state index in [0.717, 1.165) is 38.5 Å². The SMILES string of the molecule is CCCCCCCCCCCCCCCCCCN(C(=O)CCCCCCCCCCC)[C@@H]1O[C@H](CO)[C@H](O)[C@H](O)[C@H]1N(C(=O)OCc1ccccc1)C(=O)[C@H](C)N. The van der Waals surface area contributed by atoms with E-state index in [-0.39, 0.29) is 25.5 Å². The zero-order valence-corrected chi connectivity index (χ0v) is 36.7. The number of carbonyl (C=O) groups excluding carboxylic acids is 3. The van der Waals surface area contributed by atoms with Gasteiger partial charge in [-0.05, 0) is 25.3 Å². The van der Waals surface area contributed by atoms with Crippen LogP contribution in [0.5, 0.6) is 0 Å². The highest BCUT2D eigenvalue weighted by Crippen LogP contribution is 2.30. The lowest BCUT2D eigenvalue weighted by atomic mass is 9.93. The number of nitrogens with two attached hydrogens (primary N) is 1. The van der Waals surface area contributed by atoms with Gasteiger partial charge in [0.1, 0.15) is 31.0 Å². The molecule has 1 aromatic carbocycles. The second-order valence-corrected chi connectivity index (χ2v) is 16.7. The van der Waals surface area contributed by atoms with Crippen molar-refractivity contribution >= 4 is 17.9 Å². The number of amides is 3. The van der Waals surface area contributed by atoms with Gasteiger partial charge in [0, 0.05) is 13.0 Å². The summed E-state index contributed by atoms with van der Waals surface area (Å²) < 4.78 is 11.8. The van der Waals surface area contributed by atoms with Gasteiger partial charge in [-0.1, -0.05) is 192 Å². The third-order valence-electron chi connectivity index (χ3n) is 11.6. The Bertz CT molecular complexity index is 1200. The average Bonchev–Trinajstić information content (AvgIpc) is 3.22. The lowest BCUT2D eigenvalue weighted by molar-refractivity contribution is -0.244. The molecule has 334 valence electrons. The highest BCUT2D eigenvalue weighted by Gasteiger charge is 2.53. The van der Waals surface area contributed by atoms with Crippen LogP contribution in [0.1, 0.15) is 193 Å². The predicted molar refractivity (Wildman–Crippen MR) is 232 cm³/mol. The molecule has 6 atom stereocenters. The van der Waals surface area contributed by atoms with Gasteiger partial charge >= 0.3 is 6.09 Å². The van der Waals surface area contributed by atoms with E-state index in [1.165, 1.54) is 121 Å². The number of hydrogen-bond donors (Lipinski definition) is 4. The molecule has 1 aliphatic heterocycles. The van der Waals surface area contributed by atoms with Crippen molar-refractivity contribution < 1.29 is 39.2 Å². The van der Waals surface area contributed by atoms with E-state index in [9.17, 15) is 29.7 Å². The van der Waals surface area contributed by atoms with E-state index in [2.05, 4.69) is 13.8 Å². The van der Waals surface area contributed by atoms with Gasteiger partial charge in [-0.25, -0.2) is 9.69 Å². The molecule has 3 amide bonds. The first kappa shape index (κ1) is 51.6. The maximum absolute atomic E-state index is 14.2. The van der Waals surface area contributed by atoms with Gasteiger partial charge in [-0.2, -0.15) is 0 Å². The minimum absolute atomic E-state index is 0.154. The van der Waals surface area contributed by atoms with E-state index in [0.29, 0.717) is 23.3 Å². The zero-order valence-electron chi connectivity index (χ0n) is 36.7. The molecule has 0 radical (unpaired) electrons. The van der Waals surface area contributed by atoms with Crippen LogP contribution in [0.15, 0.2) is 30.3 Å². The smallest absolute Gasteiger partial charge is 0.417 e. The number of rotatable bonds is 33. The van der Waals surface area contributed by atoms with Gasteiger partial charge in [0.05, 0.1) is 12.6 Å². The van der Waals surface area contributed by atoms with Crippen LogP contribution in [0.3, 0.4) is 0 Å². The predicted octanol–water partition coefficient (Wildman–Crippen LogP) is 9.32. The number of ether oxygens (including phenoxy) is 2. The molecule has 1 saturated heterocycles. The number of aliphatic hydroxyl groups excluding tert-OH is 3. The van der Waals surface area contributed by atoms with Crippen LogP contribution >= 0.6 is 0 Å². The van der Waals surface area contributed by atoms with E-state index >= 15 is 0 Å². The summed E-state index contributed by atoms with van der Waals surface area (Å²) in [5.41, 5.74) is 6.72. The number of carbonyl (C=O) groups is 3. The lowest BCUT2D eigenvalue weighted by Gasteiger charge is -2.49. The Balaban J connectivity index is 2.12. The molecule has 1 fully saturated rings. The van der Waals surface area contributed by atoms with E-state index < -0.39 is 55.2 Å². The van der Waals surface area contributed by atoms with Gasteiger partial charge in [0.25, 0.3) is 0 Å². The first-order chi connectivity index (χ1) is 28.2. The Labute approximate surface area is 351 Å². The Hall–Kier alpha value is -2.57. The number of aliphatic hydroxyl groups is 3. The third-order valence-corrected chi connectivity index (χ3v) is 11.6. The Morgan fingerprint density at radius 2 is 1.14 bits per heavy atom. The molecule has 0 aromatic heterocycles. The van der Waals surface area contributed by atoms with Crippen molar-refractivity contribution in [1.29, 1.82) is 0 Å². The molecule has 1 heterocycles. The van der Waals surface area contributed by atoms with E-state index in [4.69, 9.17) is 15.2 Å². The maximum Gasteiger partial charge on any atom is 0.417 e. The van der Waals surface area contributed by atoms with Crippen LogP contribution in [0.4, 0.5) is 4.79 Å². The molecule has 0 unspecified atom stereocenters. The topological polar surface area (TPSA) is 163 Å². The summed E-state index contributed by atoms with van der Waals surface area (Å²) >= 11 is 0. The number of unbranched alkanes of at least 4 members (excludes halogenated alkanes) is 23. The molecule has 0 spiro atoms. The Kier molecular flexibility index (Phi) is 28.7. The molecular formula is C47H83N3O8. The maximum atomic E-state index is 14.2. The summed E-state index contributed by atoms with van der Waals surface area (Å²) in [4.78, 5) is 43.9. The van der Waals surface area contributed by atoms with Gasteiger partial charge < -0.3 is 35.4 Å². The average molecular weight is 818 g/mol. The van der Waals surface area contributed by atoms with Crippen molar-refractivity contribution in [2.24, 2.45) is 5.73 Å². The normalized spacial score (nSPS) is 19.8. The third kappa shape index (κ3) is 20.1. The number of nitrogens with zero attached hydrogens (tertiary/aromatic N) is 2. The molecule has 2 rings (SSSR count). The summed E-state index contributed by atoms with van der Waals surface area (Å²) in [6, 6.07) is 6.26. The second kappa shape index (κ2) is 32.2. The minimum atomic E-state index is -1.75. The summed E-state index contributed by atoms with van der Waals surface area (Å²) in [6.07, 6.45) is 22.4. The molecule has 11 nitrogen and oxygen atoms in total. The van der Waals surface area contributed by atoms with Crippen molar-refractivity contribution in [2.75, 3.05) is 13.2 Å². The van der Waals surface area contributed by atoms with Crippen LogP contribution in [-0.2, 0) is 25.7 Å². The van der Waals surface area contributed by atoms with Gasteiger partial charge in [-0.3, -0.25) is 9.59 Å². The van der Waals surface area contributed by atoms with Crippen LogP contribution < -0.4 is 5.73 Å². The van der Waals surface area contributed by atoms with Crippen molar-refractivity contribution in [3.05, 3.63) is 35.9 Å². The fraction of sp³-hybridized carbons (Fsp3) is 0.809. The fourth-order valence-electron chi connectivity index (χ4n) is 7.94. The minimum Gasteiger partial charge on any atom is -0.444 e. The molecule has 1 aliphatic rings. The molecule has 11 heteroatoms. The van der Waals surface area contributed by atoms with Crippen LogP contribution in [0, 0.1) is 0 Å². The summed E-state index contributed by atoms with van der Waals surface area (Å²) in [6.45, 7) is 5.35. The van der Waals surface area contributed by atoms with E-state index in [1.54, 1.807) is 24.3 Å². The monoisotopic (exact) mass is 818 g/mol. The number of hydrogen-bond acceptors (Lipinski definition) is 9. The van der Waals surface area contributed by atoms with Gasteiger partial charge in [0.2, 0.25) is 11.8 Å². The largest absolute Gasteiger partial charge is 0.444 e. The van der Waals surface area contributed by atoms with E-state index in [1.807, 2.05) is 6.07 Å². The quantitative estimate of drug-likeness (QED) is 0.0507. The highest BCUT2D eigenvalue weighted by molar-refractivity contribution is 5.95. The molecule has 0 bridgehead atoms. The number of benzene rings is 1. The lowest BCUT2D eigenvalue weighted by Crippen LogP contribution is -2.71. The fourth-order valence-corrected chi connectivity index (χ4v) is 7.94. The van der Waals surface area contributed by atoms with Crippen LogP contribution in [0.25, 0.3) is 0 Å². The first-order valence-electron chi connectivity index (χ1n) is 23.4. The number of imide groups is 1. The van der Waals surface area contributed by atoms with Gasteiger partial charge in [-0.15, -0.1) is 0 Å². The summed E-state index contributed by atoms with van der Waals surface area (Å²) in [7, 11) is 0. The molecular weight excluding hydrogens is 735 g/mol. The zero-order chi connectivity index (χ0) is 42.4. The van der Waals surface area contributed by atoms with Gasteiger partial charge in [0.15, 0.2) is 6.23 Å². The van der Waals surface area contributed by atoms with Crippen molar-refractivity contribution in [1.82, 2.24) is 9.80 Å². The molecule has 0 saturated carbocycles.